The van der Waals surface area contributed by atoms with Crippen LogP contribution in [0.1, 0.15) is 28.8 Å². The minimum atomic E-state index is -2.84. The van der Waals surface area contributed by atoms with Gasteiger partial charge in [0.05, 0.1) is 17.1 Å². The molecule has 0 saturated carbocycles. The topological polar surface area (TPSA) is 74.7 Å². The van der Waals surface area contributed by atoms with Crippen LogP contribution in [0.5, 0.6) is 0 Å². The van der Waals surface area contributed by atoms with Gasteiger partial charge in [0.1, 0.15) is 9.84 Å². The number of sulfone groups is 1. The molecule has 2 rings (SSSR count). The van der Waals surface area contributed by atoms with Crippen LogP contribution in [-0.4, -0.2) is 55.5 Å². The maximum atomic E-state index is 11.4. The number of hydrogen-bond acceptors (Lipinski definition) is 4. The maximum absolute atomic E-state index is 11.4. The van der Waals surface area contributed by atoms with E-state index in [4.69, 9.17) is 5.11 Å². The number of carboxylic acids is 1. The zero-order valence-electron chi connectivity index (χ0n) is 12.2. The standard InChI is InChI=1S/C15H21NO4S/c1-16(13-7-10-21(19,20)11-8-13)9-6-12-4-2-3-5-14(12)15(17)18/h2-5,13H,6-11H2,1H3,(H,17,18). The number of nitrogens with zero attached hydrogens (tertiary/aromatic N) is 1. The lowest BCUT2D eigenvalue weighted by molar-refractivity contribution is 0.0695. The third kappa shape index (κ3) is 4.28. The molecule has 1 aliphatic rings. The van der Waals surface area contributed by atoms with Crippen LogP contribution < -0.4 is 0 Å². The molecule has 1 aromatic rings. The SMILES string of the molecule is CN(CCc1ccccc1C(=O)O)C1CCS(=O)(=O)CC1. The molecule has 0 atom stereocenters. The van der Waals surface area contributed by atoms with Gasteiger partial charge < -0.3 is 10.0 Å². The molecule has 0 unspecified atom stereocenters. The van der Waals surface area contributed by atoms with Crippen LogP contribution >= 0.6 is 0 Å². The predicted molar refractivity (Wildman–Crippen MR) is 81.4 cm³/mol. The summed E-state index contributed by atoms with van der Waals surface area (Å²) in [5.74, 6) is -0.390. The van der Waals surface area contributed by atoms with Gasteiger partial charge in [-0.05, 0) is 37.9 Å². The normalized spacial score (nSPS) is 18.8. The zero-order chi connectivity index (χ0) is 15.5. The molecule has 0 bridgehead atoms. The highest BCUT2D eigenvalue weighted by Crippen LogP contribution is 2.18. The third-order valence-electron chi connectivity index (χ3n) is 4.13. The Kier molecular flexibility index (Phi) is 5.00. The molecule has 1 heterocycles. The zero-order valence-corrected chi connectivity index (χ0v) is 13.0. The van der Waals surface area contributed by atoms with Gasteiger partial charge in [0, 0.05) is 12.6 Å². The van der Waals surface area contributed by atoms with Crippen molar-refractivity contribution in [1.82, 2.24) is 4.90 Å². The second kappa shape index (κ2) is 6.58. The second-order valence-electron chi connectivity index (χ2n) is 5.58. The lowest BCUT2D eigenvalue weighted by Gasteiger charge is -2.31. The second-order valence-corrected chi connectivity index (χ2v) is 7.88. The largest absolute Gasteiger partial charge is 0.478 e. The van der Waals surface area contributed by atoms with Crippen molar-refractivity contribution in [3.63, 3.8) is 0 Å². The molecule has 1 fully saturated rings. The summed E-state index contributed by atoms with van der Waals surface area (Å²) in [5, 5.41) is 9.16. The van der Waals surface area contributed by atoms with Crippen LogP contribution in [0.15, 0.2) is 24.3 Å². The van der Waals surface area contributed by atoms with Crippen LogP contribution in [0, 0.1) is 0 Å². The summed E-state index contributed by atoms with van der Waals surface area (Å²) in [7, 11) is -0.860. The van der Waals surface area contributed by atoms with E-state index in [0.29, 0.717) is 24.8 Å². The number of rotatable bonds is 5. The summed E-state index contributed by atoms with van der Waals surface area (Å²) in [6.45, 7) is 0.731. The van der Waals surface area contributed by atoms with Crippen molar-refractivity contribution in [2.75, 3.05) is 25.1 Å². The molecular weight excluding hydrogens is 290 g/mol. The first-order chi connectivity index (χ1) is 9.89. The highest BCUT2D eigenvalue weighted by atomic mass is 32.2. The fourth-order valence-electron chi connectivity index (χ4n) is 2.74. The summed E-state index contributed by atoms with van der Waals surface area (Å²) in [4.78, 5) is 13.3. The van der Waals surface area contributed by atoms with Gasteiger partial charge in [0.2, 0.25) is 0 Å². The molecule has 0 spiro atoms. The number of carboxylic acid groups (broad SMARTS) is 1. The average molecular weight is 311 g/mol. The number of benzene rings is 1. The molecule has 1 saturated heterocycles. The van der Waals surface area contributed by atoms with Crippen molar-refractivity contribution in [1.29, 1.82) is 0 Å². The van der Waals surface area contributed by atoms with Crippen molar-refractivity contribution < 1.29 is 18.3 Å². The Morgan fingerprint density at radius 3 is 2.52 bits per heavy atom. The number of likely N-dealkylation sites (N-methyl/N-ethyl adjacent to an activating group) is 1. The van der Waals surface area contributed by atoms with E-state index in [1.807, 2.05) is 19.2 Å². The van der Waals surface area contributed by atoms with E-state index < -0.39 is 15.8 Å². The quantitative estimate of drug-likeness (QED) is 0.890. The van der Waals surface area contributed by atoms with E-state index in [1.165, 1.54) is 0 Å². The van der Waals surface area contributed by atoms with Gasteiger partial charge in [-0.2, -0.15) is 0 Å². The van der Waals surface area contributed by atoms with E-state index in [1.54, 1.807) is 12.1 Å². The van der Waals surface area contributed by atoms with E-state index in [0.717, 1.165) is 12.1 Å². The van der Waals surface area contributed by atoms with E-state index in [-0.39, 0.29) is 17.5 Å². The minimum absolute atomic E-state index is 0.258. The predicted octanol–water partition coefficient (Wildman–Crippen LogP) is 1.44. The molecule has 6 heteroatoms. The molecule has 1 N–H and O–H groups in total. The molecule has 116 valence electrons. The van der Waals surface area contributed by atoms with Gasteiger partial charge in [-0.1, -0.05) is 18.2 Å². The summed E-state index contributed by atoms with van der Waals surface area (Å²) in [6.07, 6.45) is 1.99. The first kappa shape index (κ1) is 16.0. The molecule has 1 aromatic carbocycles. The molecule has 1 aliphatic heterocycles. The molecule has 5 nitrogen and oxygen atoms in total. The molecule has 0 amide bonds. The fourth-order valence-corrected chi connectivity index (χ4v) is 4.21. The lowest BCUT2D eigenvalue weighted by Crippen LogP contribution is -2.39. The highest BCUT2D eigenvalue weighted by molar-refractivity contribution is 7.91. The molecule has 0 aliphatic carbocycles. The van der Waals surface area contributed by atoms with Crippen molar-refractivity contribution >= 4 is 15.8 Å². The van der Waals surface area contributed by atoms with Gasteiger partial charge in [0.15, 0.2) is 0 Å². The average Bonchev–Trinajstić information content (AvgIpc) is 2.45. The maximum Gasteiger partial charge on any atom is 0.335 e. The van der Waals surface area contributed by atoms with Gasteiger partial charge in [-0.3, -0.25) is 0 Å². The Morgan fingerprint density at radius 1 is 1.29 bits per heavy atom. The smallest absolute Gasteiger partial charge is 0.335 e. The molecule has 21 heavy (non-hydrogen) atoms. The van der Waals surface area contributed by atoms with Crippen molar-refractivity contribution in [2.24, 2.45) is 0 Å². The Hall–Kier alpha value is -1.40. The van der Waals surface area contributed by atoms with Crippen LogP contribution in [0.3, 0.4) is 0 Å². The molecular formula is C15H21NO4S. The fraction of sp³-hybridized carbons (Fsp3) is 0.533. The van der Waals surface area contributed by atoms with Crippen molar-refractivity contribution in [2.45, 2.75) is 25.3 Å². The minimum Gasteiger partial charge on any atom is -0.478 e. The Bertz CT molecular complexity index is 598. The Labute approximate surface area is 125 Å². The summed E-state index contributed by atoms with van der Waals surface area (Å²) in [5.41, 5.74) is 1.16. The van der Waals surface area contributed by atoms with E-state index in [9.17, 15) is 13.2 Å². The van der Waals surface area contributed by atoms with E-state index >= 15 is 0 Å². The first-order valence-electron chi connectivity index (χ1n) is 7.11. The summed E-state index contributed by atoms with van der Waals surface area (Å²) in [6, 6.07) is 7.29. The van der Waals surface area contributed by atoms with Gasteiger partial charge in [0.25, 0.3) is 0 Å². The summed E-state index contributed by atoms with van der Waals surface area (Å²) >= 11 is 0. The van der Waals surface area contributed by atoms with Crippen LogP contribution in [-0.2, 0) is 16.3 Å². The molecule has 0 aromatic heterocycles. The Balaban J connectivity index is 1.93. The third-order valence-corrected chi connectivity index (χ3v) is 5.84. The number of aromatic carboxylic acids is 1. The van der Waals surface area contributed by atoms with E-state index in [2.05, 4.69) is 4.90 Å². The molecule has 0 radical (unpaired) electrons. The van der Waals surface area contributed by atoms with Gasteiger partial charge in [-0.15, -0.1) is 0 Å². The monoisotopic (exact) mass is 311 g/mol. The van der Waals surface area contributed by atoms with Crippen molar-refractivity contribution in [3.05, 3.63) is 35.4 Å². The van der Waals surface area contributed by atoms with Crippen molar-refractivity contribution in [3.8, 4) is 0 Å². The first-order valence-corrected chi connectivity index (χ1v) is 8.93. The Morgan fingerprint density at radius 2 is 1.90 bits per heavy atom. The van der Waals surface area contributed by atoms with Gasteiger partial charge in [-0.25, -0.2) is 13.2 Å². The van der Waals surface area contributed by atoms with Crippen LogP contribution in [0.25, 0.3) is 0 Å². The lowest BCUT2D eigenvalue weighted by atomic mass is 10.0. The highest BCUT2D eigenvalue weighted by Gasteiger charge is 2.26. The number of hydrogen-bond donors (Lipinski definition) is 1. The van der Waals surface area contributed by atoms with Gasteiger partial charge >= 0.3 is 5.97 Å². The van der Waals surface area contributed by atoms with Crippen LogP contribution in [0.4, 0.5) is 0 Å². The summed E-state index contributed by atoms with van der Waals surface area (Å²) < 4.78 is 22.9. The number of carbonyl (C=O) groups is 1. The van der Waals surface area contributed by atoms with Crippen LogP contribution in [0.2, 0.25) is 0 Å².